The Morgan fingerprint density at radius 1 is 1.06 bits per heavy atom. The Labute approximate surface area is 106 Å². The molecular weight excluding hydrogens is 228 g/mol. The van der Waals surface area contributed by atoms with Gasteiger partial charge in [0.2, 0.25) is 0 Å². The van der Waals surface area contributed by atoms with E-state index in [4.69, 9.17) is 8.85 Å². The van der Waals surface area contributed by atoms with Gasteiger partial charge in [-0.1, -0.05) is 43.8 Å². The summed E-state index contributed by atoms with van der Waals surface area (Å²) in [6.07, 6.45) is 1.85. The standard InChI is InChI=1S/C14H22O2Si/c1-5-13-9-11-14(12-10-13)17(8-4,15-6-2)16-7-3/h5,9-12H,1,6-8H2,2-4H3. The normalized spacial score (nSPS) is 11.5. The Morgan fingerprint density at radius 2 is 1.59 bits per heavy atom. The smallest absolute Gasteiger partial charge is 0.372 e. The third-order valence-electron chi connectivity index (χ3n) is 2.81. The summed E-state index contributed by atoms with van der Waals surface area (Å²) in [4.78, 5) is 0. The predicted octanol–water partition coefficient (Wildman–Crippen LogP) is 3.07. The summed E-state index contributed by atoms with van der Waals surface area (Å²) < 4.78 is 11.9. The Hall–Kier alpha value is -0.903. The van der Waals surface area contributed by atoms with Crippen molar-refractivity contribution in [3.05, 3.63) is 36.4 Å². The van der Waals surface area contributed by atoms with Crippen molar-refractivity contribution in [2.75, 3.05) is 13.2 Å². The van der Waals surface area contributed by atoms with Gasteiger partial charge < -0.3 is 8.85 Å². The van der Waals surface area contributed by atoms with E-state index in [0.717, 1.165) is 11.6 Å². The molecule has 0 aromatic heterocycles. The monoisotopic (exact) mass is 250 g/mol. The second-order valence-corrected chi connectivity index (χ2v) is 7.17. The van der Waals surface area contributed by atoms with Crippen LogP contribution in [0.4, 0.5) is 0 Å². The van der Waals surface area contributed by atoms with E-state index in [9.17, 15) is 0 Å². The fraction of sp³-hybridized carbons (Fsp3) is 0.429. The lowest BCUT2D eigenvalue weighted by molar-refractivity contribution is 0.197. The molecule has 0 unspecified atom stereocenters. The third-order valence-corrected chi connectivity index (χ3v) is 6.46. The average molecular weight is 250 g/mol. The number of hydrogen-bond acceptors (Lipinski definition) is 2. The van der Waals surface area contributed by atoms with E-state index < -0.39 is 8.56 Å². The molecule has 1 aromatic carbocycles. The summed E-state index contributed by atoms with van der Waals surface area (Å²) in [5, 5.41) is 1.20. The fourth-order valence-electron chi connectivity index (χ4n) is 1.96. The summed E-state index contributed by atoms with van der Waals surface area (Å²) in [5.41, 5.74) is 1.13. The maximum absolute atomic E-state index is 5.97. The van der Waals surface area contributed by atoms with Crippen LogP contribution in [0.5, 0.6) is 0 Å². The molecule has 1 rings (SSSR count). The summed E-state index contributed by atoms with van der Waals surface area (Å²) >= 11 is 0. The number of rotatable bonds is 7. The van der Waals surface area contributed by atoms with Gasteiger partial charge in [0.15, 0.2) is 0 Å². The highest BCUT2D eigenvalue weighted by atomic mass is 28.4. The average Bonchev–Trinajstić information content (AvgIpc) is 2.38. The molecule has 0 saturated heterocycles. The van der Waals surface area contributed by atoms with Gasteiger partial charge in [0.25, 0.3) is 0 Å². The van der Waals surface area contributed by atoms with Crippen LogP contribution >= 0.6 is 0 Å². The highest BCUT2D eigenvalue weighted by molar-refractivity contribution is 6.81. The van der Waals surface area contributed by atoms with E-state index in [0.29, 0.717) is 13.2 Å². The molecule has 0 saturated carbocycles. The first-order valence-corrected chi connectivity index (χ1v) is 8.25. The Balaban J connectivity index is 3.05. The molecule has 0 spiro atoms. The zero-order valence-corrected chi connectivity index (χ0v) is 12.0. The number of benzene rings is 1. The van der Waals surface area contributed by atoms with Crippen molar-refractivity contribution in [2.45, 2.75) is 26.8 Å². The maximum Gasteiger partial charge on any atom is 0.372 e. The fourth-order valence-corrected chi connectivity index (χ4v) is 4.80. The molecule has 0 fully saturated rings. The van der Waals surface area contributed by atoms with Gasteiger partial charge >= 0.3 is 8.56 Å². The van der Waals surface area contributed by atoms with Gasteiger partial charge in [0.05, 0.1) is 0 Å². The van der Waals surface area contributed by atoms with Crippen LogP contribution in [0, 0.1) is 0 Å². The Kier molecular flexibility index (Phi) is 5.61. The van der Waals surface area contributed by atoms with Crippen LogP contribution in [0.3, 0.4) is 0 Å². The van der Waals surface area contributed by atoms with Gasteiger partial charge in [-0.3, -0.25) is 0 Å². The first-order chi connectivity index (χ1) is 8.22. The maximum atomic E-state index is 5.97. The molecule has 17 heavy (non-hydrogen) atoms. The highest BCUT2D eigenvalue weighted by Crippen LogP contribution is 2.14. The molecule has 94 valence electrons. The minimum atomic E-state index is -2.22. The Bertz CT molecular complexity index is 340. The minimum absolute atomic E-state index is 0.698. The molecule has 0 amide bonds. The van der Waals surface area contributed by atoms with Gasteiger partial charge in [-0.05, 0) is 30.6 Å². The van der Waals surface area contributed by atoms with E-state index in [1.807, 2.05) is 19.9 Å². The molecule has 0 bridgehead atoms. The van der Waals surface area contributed by atoms with Crippen molar-refractivity contribution in [3.63, 3.8) is 0 Å². The molecular formula is C14H22O2Si. The van der Waals surface area contributed by atoms with Crippen LogP contribution in [-0.2, 0) is 8.85 Å². The van der Waals surface area contributed by atoms with Crippen molar-refractivity contribution >= 4 is 19.8 Å². The van der Waals surface area contributed by atoms with Gasteiger partial charge in [-0.25, -0.2) is 0 Å². The zero-order chi connectivity index (χ0) is 12.7. The molecule has 0 radical (unpaired) electrons. The lowest BCUT2D eigenvalue weighted by Crippen LogP contribution is -2.53. The summed E-state index contributed by atoms with van der Waals surface area (Å²) in [7, 11) is -2.22. The molecule has 1 aromatic rings. The second-order valence-electron chi connectivity index (χ2n) is 3.80. The van der Waals surface area contributed by atoms with Gasteiger partial charge in [0, 0.05) is 13.2 Å². The van der Waals surface area contributed by atoms with Crippen molar-refractivity contribution in [1.82, 2.24) is 0 Å². The zero-order valence-electron chi connectivity index (χ0n) is 11.0. The van der Waals surface area contributed by atoms with Gasteiger partial charge in [-0.15, -0.1) is 0 Å². The molecule has 0 N–H and O–H groups in total. The summed E-state index contributed by atoms with van der Waals surface area (Å²) in [5.74, 6) is 0. The van der Waals surface area contributed by atoms with Crippen LogP contribution in [0.2, 0.25) is 6.04 Å². The molecule has 0 aliphatic heterocycles. The molecule has 3 heteroatoms. The minimum Gasteiger partial charge on any atom is -0.391 e. The van der Waals surface area contributed by atoms with E-state index in [-0.39, 0.29) is 0 Å². The van der Waals surface area contributed by atoms with E-state index in [1.165, 1.54) is 5.19 Å². The largest absolute Gasteiger partial charge is 0.391 e. The van der Waals surface area contributed by atoms with Crippen LogP contribution in [0.25, 0.3) is 6.08 Å². The van der Waals surface area contributed by atoms with Crippen LogP contribution < -0.4 is 5.19 Å². The second kappa shape index (κ2) is 6.74. The van der Waals surface area contributed by atoms with Crippen LogP contribution in [-0.4, -0.2) is 21.8 Å². The van der Waals surface area contributed by atoms with Crippen molar-refractivity contribution in [3.8, 4) is 0 Å². The van der Waals surface area contributed by atoms with E-state index >= 15 is 0 Å². The topological polar surface area (TPSA) is 18.5 Å². The van der Waals surface area contributed by atoms with Crippen molar-refractivity contribution < 1.29 is 8.85 Å². The first-order valence-electron chi connectivity index (χ1n) is 6.23. The highest BCUT2D eigenvalue weighted by Gasteiger charge is 2.37. The third kappa shape index (κ3) is 3.28. The summed E-state index contributed by atoms with van der Waals surface area (Å²) in [6, 6.07) is 9.29. The van der Waals surface area contributed by atoms with Gasteiger partial charge in [-0.2, -0.15) is 0 Å². The Morgan fingerprint density at radius 3 is 1.94 bits per heavy atom. The molecule has 0 atom stereocenters. The number of hydrogen-bond donors (Lipinski definition) is 0. The quantitative estimate of drug-likeness (QED) is 0.692. The van der Waals surface area contributed by atoms with Crippen LogP contribution in [0.15, 0.2) is 30.8 Å². The SMILES string of the molecule is C=Cc1ccc([Si](CC)(OCC)OCC)cc1. The van der Waals surface area contributed by atoms with E-state index in [1.54, 1.807) is 0 Å². The lowest BCUT2D eigenvalue weighted by Gasteiger charge is -2.29. The van der Waals surface area contributed by atoms with Crippen LogP contribution in [0.1, 0.15) is 26.3 Å². The first kappa shape index (κ1) is 14.2. The predicted molar refractivity (Wildman–Crippen MR) is 75.7 cm³/mol. The van der Waals surface area contributed by atoms with Gasteiger partial charge in [0.1, 0.15) is 0 Å². The van der Waals surface area contributed by atoms with Crippen molar-refractivity contribution in [1.29, 1.82) is 0 Å². The van der Waals surface area contributed by atoms with E-state index in [2.05, 4.69) is 37.8 Å². The molecule has 0 aliphatic rings. The summed E-state index contributed by atoms with van der Waals surface area (Å²) in [6.45, 7) is 11.3. The lowest BCUT2D eigenvalue weighted by atomic mass is 10.2. The van der Waals surface area contributed by atoms with Crippen molar-refractivity contribution in [2.24, 2.45) is 0 Å². The molecule has 0 heterocycles. The molecule has 2 nitrogen and oxygen atoms in total. The molecule has 0 aliphatic carbocycles.